The highest BCUT2D eigenvalue weighted by atomic mass is 16.6. The van der Waals surface area contributed by atoms with Gasteiger partial charge in [0, 0.05) is 6.07 Å². The van der Waals surface area contributed by atoms with Gasteiger partial charge in [0.25, 0.3) is 5.69 Å². The van der Waals surface area contributed by atoms with E-state index in [0.717, 1.165) is 6.07 Å². The van der Waals surface area contributed by atoms with Crippen molar-refractivity contribution in [2.45, 2.75) is 6.04 Å². The van der Waals surface area contributed by atoms with Crippen molar-refractivity contribution in [3.63, 3.8) is 0 Å². The van der Waals surface area contributed by atoms with Crippen LogP contribution in [-0.4, -0.2) is 15.9 Å². The predicted molar refractivity (Wildman–Crippen MR) is 76.8 cm³/mol. The Bertz CT molecular complexity index is 673. The number of aromatic hydroxyl groups is 1. The number of nitrogens with one attached hydrogen (secondary N) is 1. The first-order valence-corrected chi connectivity index (χ1v) is 6.08. The van der Waals surface area contributed by atoms with E-state index in [0.29, 0.717) is 5.56 Å². The van der Waals surface area contributed by atoms with Gasteiger partial charge in [-0.05, 0) is 11.6 Å². The van der Waals surface area contributed by atoms with E-state index < -0.39 is 22.6 Å². The lowest BCUT2D eigenvalue weighted by molar-refractivity contribution is -0.384. The molecular formula is C14H13N3O4. The highest BCUT2D eigenvalue weighted by Gasteiger charge is 2.18. The van der Waals surface area contributed by atoms with Crippen molar-refractivity contribution in [1.29, 1.82) is 0 Å². The number of phenolic OH excluding ortho intramolecular Hbond substituents is 1. The average Bonchev–Trinajstić information content (AvgIpc) is 2.49. The molecule has 0 aliphatic carbocycles. The van der Waals surface area contributed by atoms with Crippen LogP contribution in [0.15, 0.2) is 48.5 Å². The molecule has 0 bridgehead atoms. The lowest BCUT2D eigenvalue weighted by Gasteiger charge is -2.13. The maximum atomic E-state index is 12.0. The minimum Gasteiger partial charge on any atom is -0.506 e. The third-order valence-corrected chi connectivity index (χ3v) is 2.89. The van der Waals surface area contributed by atoms with Gasteiger partial charge in [0.15, 0.2) is 0 Å². The quantitative estimate of drug-likeness (QED) is 0.451. The molecule has 2 aromatic rings. The number of carbonyl (C=O) groups is 1. The van der Waals surface area contributed by atoms with Crippen molar-refractivity contribution < 1.29 is 14.8 Å². The number of amides is 1. The van der Waals surface area contributed by atoms with Gasteiger partial charge < -0.3 is 16.2 Å². The van der Waals surface area contributed by atoms with E-state index in [9.17, 15) is 20.0 Å². The fourth-order valence-corrected chi connectivity index (χ4v) is 1.76. The third kappa shape index (κ3) is 3.34. The van der Waals surface area contributed by atoms with Gasteiger partial charge in [0.2, 0.25) is 5.91 Å². The van der Waals surface area contributed by atoms with Gasteiger partial charge in [-0.15, -0.1) is 0 Å². The molecule has 21 heavy (non-hydrogen) atoms. The normalized spacial score (nSPS) is 11.7. The first-order valence-electron chi connectivity index (χ1n) is 6.08. The summed E-state index contributed by atoms with van der Waals surface area (Å²) in [6.07, 6.45) is 0. The van der Waals surface area contributed by atoms with Crippen molar-refractivity contribution >= 4 is 17.3 Å². The monoisotopic (exact) mass is 287 g/mol. The van der Waals surface area contributed by atoms with Crippen LogP contribution in [0.2, 0.25) is 0 Å². The molecule has 2 aromatic carbocycles. The second-order valence-electron chi connectivity index (χ2n) is 4.34. The number of nitrogens with zero attached hydrogens (tertiary/aromatic N) is 1. The molecule has 108 valence electrons. The first-order chi connectivity index (χ1) is 9.99. The van der Waals surface area contributed by atoms with Crippen LogP contribution in [0, 0.1) is 10.1 Å². The molecule has 1 amide bonds. The number of nitrogens with two attached hydrogens (primary N) is 1. The van der Waals surface area contributed by atoms with E-state index in [1.165, 1.54) is 12.1 Å². The summed E-state index contributed by atoms with van der Waals surface area (Å²) in [5.74, 6) is -0.914. The maximum absolute atomic E-state index is 12.0. The van der Waals surface area contributed by atoms with Gasteiger partial charge in [-0.25, -0.2) is 0 Å². The van der Waals surface area contributed by atoms with Gasteiger partial charge in [-0.2, -0.15) is 0 Å². The number of hydrogen-bond donors (Lipinski definition) is 3. The Morgan fingerprint density at radius 2 is 1.90 bits per heavy atom. The molecule has 0 aromatic heterocycles. The summed E-state index contributed by atoms with van der Waals surface area (Å²) in [5, 5.41) is 22.7. The number of benzene rings is 2. The molecule has 0 aliphatic heterocycles. The van der Waals surface area contributed by atoms with Crippen LogP contribution in [0.4, 0.5) is 11.4 Å². The number of hydrogen-bond acceptors (Lipinski definition) is 5. The molecule has 0 heterocycles. The number of nitro groups is 1. The van der Waals surface area contributed by atoms with Gasteiger partial charge in [0.05, 0.1) is 16.7 Å². The lowest BCUT2D eigenvalue weighted by Crippen LogP contribution is -2.27. The summed E-state index contributed by atoms with van der Waals surface area (Å²) in [5.41, 5.74) is 6.24. The summed E-state index contributed by atoms with van der Waals surface area (Å²) < 4.78 is 0. The van der Waals surface area contributed by atoms with Gasteiger partial charge >= 0.3 is 0 Å². The average molecular weight is 287 g/mol. The molecule has 0 fully saturated rings. The van der Waals surface area contributed by atoms with E-state index in [4.69, 9.17) is 5.73 Å². The maximum Gasteiger partial charge on any atom is 0.273 e. The van der Waals surface area contributed by atoms with E-state index in [1.54, 1.807) is 30.3 Å². The number of nitro benzene ring substituents is 1. The predicted octanol–water partition coefficient (Wildman–Crippen LogP) is 1.94. The fourth-order valence-electron chi connectivity index (χ4n) is 1.76. The molecule has 0 unspecified atom stereocenters. The Morgan fingerprint density at radius 1 is 1.24 bits per heavy atom. The van der Waals surface area contributed by atoms with Crippen molar-refractivity contribution in [2.24, 2.45) is 5.73 Å². The van der Waals surface area contributed by atoms with Gasteiger partial charge in [-0.1, -0.05) is 30.3 Å². The minimum atomic E-state index is -0.902. The van der Waals surface area contributed by atoms with Crippen LogP contribution >= 0.6 is 0 Å². The van der Waals surface area contributed by atoms with E-state index in [1.807, 2.05) is 0 Å². The second-order valence-corrected chi connectivity index (χ2v) is 4.34. The van der Waals surface area contributed by atoms with E-state index in [-0.39, 0.29) is 11.4 Å². The van der Waals surface area contributed by atoms with Crippen molar-refractivity contribution in [3.05, 3.63) is 64.2 Å². The van der Waals surface area contributed by atoms with Crippen LogP contribution in [0.3, 0.4) is 0 Å². The Kier molecular flexibility index (Phi) is 4.15. The van der Waals surface area contributed by atoms with E-state index >= 15 is 0 Å². The molecular weight excluding hydrogens is 274 g/mol. The minimum absolute atomic E-state index is 0.0666. The topological polar surface area (TPSA) is 118 Å². The molecule has 0 spiro atoms. The molecule has 2 rings (SSSR count). The first kappa shape index (κ1) is 14.5. The van der Waals surface area contributed by atoms with Gasteiger partial charge in [0.1, 0.15) is 11.8 Å². The zero-order valence-electron chi connectivity index (χ0n) is 10.9. The van der Waals surface area contributed by atoms with Crippen molar-refractivity contribution in [1.82, 2.24) is 0 Å². The second kappa shape index (κ2) is 6.02. The zero-order valence-corrected chi connectivity index (χ0v) is 10.9. The highest BCUT2D eigenvalue weighted by molar-refractivity contribution is 5.96. The van der Waals surface area contributed by atoms with Crippen molar-refractivity contribution in [3.8, 4) is 5.75 Å². The Hall–Kier alpha value is -2.93. The number of rotatable bonds is 4. The highest BCUT2D eigenvalue weighted by Crippen LogP contribution is 2.28. The Labute approximate surface area is 120 Å². The van der Waals surface area contributed by atoms with Crippen LogP contribution in [0.25, 0.3) is 0 Å². The van der Waals surface area contributed by atoms with Crippen LogP contribution in [0.1, 0.15) is 11.6 Å². The van der Waals surface area contributed by atoms with Crippen LogP contribution in [-0.2, 0) is 4.79 Å². The van der Waals surface area contributed by atoms with Gasteiger partial charge in [-0.3, -0.25) is 14.9 Å². The molecule has 7 heteroatoms. The van der Waals surface area contributed by atoms with Crippen LogP contribution in [0.5, 0.6) is 5.75 Å². The standard InChI is InChI=1S/C14H13N3O4/c15-13(9-4-2-1-3-5-9)14(19)16-11-7-6-10(17(20)21)8-12(11)18/h1-8,13,18H,15H2,(H,16,19)/t13-/m1/s1. The van der Waals surface area contributed by atoms with Crippen molar-refractivity contribution in [2.75, 3.05) is 5.32 Å². The third-order valence-electron chi connectivity index (χ3n) is 2.89. The molecule has 0 radical (unpaired) electrons. The number of non-ortho nitro benzene ring substituents is 1. The summed E-state index contributed by atoms with van der Waals surface area (Å²) in [4.78, 5) is 21.9. The summed E-state index contributed by atoms with van der Waals surface area (Å²) in [7, 11) is 0. The molecule has 0 saturated heterocycles. The number of carbonyl (C=O) groups excluding carboxylic acids is 1. The summed E-state index contributed by atoms with van der Waals surface area (Å²) >= 11 is 0. The number of anilines is 1. The number of phenols is 1. The molecule has 4 N–H and O–H groups in total. The smallest absolute Gasteiger partial charge is 0.273 e. The Morgan fingerprint density at radius 3 is 2.48 bits per heavy atom. The fraction of sp³-hybridized carbons (Fsp3) is 0.0714. The molecule has 0 aliphatic rings. The summed E-state index contributed by atoms with van der Waals surface area (Å²) in [6.45, 7) is 0. The van der Waals surface area contributed by atoms with Crippen LogP contribution < -0.4 is 11.1 Å². The lowest BCUT2D eigenvalue weighted by atomic mass is 10.1. The Balaban J connectivity index is 2.15. The molecule has 0 saturated carbocycles. The largest absolute Gasteiger partial charge is 0.506 e. The summed E-state index contributed by atoms with van der Waals surface area (Å²) in [6, 6.07) is 11.2. The van der Waals surface area contributed by atoms with E-state index in [2.05, 4.69) is 5.32 Å². The zero-order chi connectivity index (χ0) is 15.4. The molecule has 7 nitrogen and oxygen atoms in total. The SMILES string of the molecule is N[C@@H](C(=O)Nc1ccc([N+](=O)[O-])cc1O)c1ccccc1. The molecule has 1 atom stereocenters.